The van der Waals surface area contributed by atoms with Gasteiger partial charge in [0, 0.05) is 42.3 Å². The van der Waals surface area contributed by atoms with E-state index in [9.17, 15) is 13.6 Å². The fourth-order valence-corrected chi connectivity index (χ4v) is 5.33. The molecule has 2 aromatic carbocycles. The first-order valence-electron chi connectivity index (χ1n) is 12.0. The van der Waals surface area contributed by atoms with Gasteiger partial charge < -0.3 is 25.0 Å². The molecule has 8 nitrogen and oxygen atoms in total. The van der Waals surface area contributed by atoms with Crippen LogP contribution in [0.15, 0.2) is 59.5 Å². The molecular formula is C26H27F2N5O3S. The number of morpholine rings is 1. The van der Waals surface area contributed by atoms with E-state index in [2.05, 4.69) is 26.3 Å². The molecule has 0 bridgehead atoms. The number of carbonyl (C=O) groups is 1. The van der Waals surface area contributed by atoms with Crippen LogP contribution >= 0.6 is 11.8 Å². The molecule has 1 saturated carbocycles. The van der Waals surface area contributed by atoms with Gasteiger partial charge in [0.05, 0.1) is 23.7 Å². The zero-order valence-electron chi connectivity index (χ0n) is 20.2. The SMILES string of the molecule is CNC(=O)Nc1ccc(-c2nc(N3CCOCC3)cc(C3(Sc4ccc(OC(F)F)cc4)CC3)n2)cc1. The van der Waals surface area contributed by atoms with Gasteiger partial charge in [-0.3, -0.25) is 0 Å². The van der Waals surface area contributed by atoms with Crippen molar-refractivity contribution in [2.75, 3.05) is 43.6 Å². The maximum absolute atomic E-state index is 12.5. The molecule has 0 radical (unpaired) electrons. The number of alkyl halides is 2. The Morgan fingerprint density at radius 1 is 1.08 bits per heavy atom. The highest BCUT2D eigenvalue weighted by molar-refractivity contribution is 8.00. The summed E-state index contributed by atoms with van der Waals surface area (Å²) in [6.07, 6.45) is 1.89. The Hall–Kier alpha value is -3.44. The van der Waals surface area contributed by atoms with Gasteiger partial charge in [-0.2, -0.15) is 8.78 Å². The summed E-state index contributed by atoms with van der Waals surface area (Å²) in [5.41, 5.74) is 2.44. The number of urea groups is 1. The van der Waals surface area contributed by atoms with E-state index >= 15 is 0 Å². The first kappa shape index (κ1) is 25.2. The van der Waals surface area contributed by atoms with Crippen LogP contribution in [0, 0.1) is 0 Å². The second kappa shape index (κ2) is 10.9. The Morgan fingerprint density at radius 3 is 2.41 bits per heavy atom. The largest absolute Gasteiger partial charge is 0.435 e. The number of ether oxygens (including phenoxy) is 2. The number of halogens is 2. The first-order chi connectivity index (χ1) is 17.9. The van der Waals surface area contributed by atoms with E-state index in [1.165, 1.54) is 0 Å². The number of rotatable bonds is 8. The lowest BCUT2D eigenvalue weighted by Crippen LogP contribution is -2.37. The molecule has 2 fully saturated rings. The molecule has 5 rings (SSSR count). The van der Waals surface area contributed by atoms with Crippen LogP contribution in [-0.4, -0.2) is 56.0 Å². The second-order valence-electron chi connectivity index (χ2n) is 8.76. The monoisotopic (exact) mass is 527 g/mol. The minimum atomic E-state index is -2.85. The van der Waals surface area contributed by atoms with Crippen molar-refractivity contribution < 1.29 is 23.0 Å². The molecule has 1 saturated heterocycles. The van der Waals surface area contributed by atoms with Crippen LogP contribution in [-0.2, 0) is 9.48 Å². The van der Waals surface area contributed by atoms with Gasteiger partial charge >= 0.3 is 12.6 Å². The van der Waals surface area contributed by atoms with Gasteiger partial charge in [-0.15, -0.1) is 11.8 Å². The molecule has 2 aliphatic rings. The van der Waals surface area contributed by atoms with Crippen molar-refractivity contribution in [3.05, 3.63) is 60.3 Å². The van der Waals surface area contributed by atoms with Crippen molar-refractivity contribution in [2.45, 2.75) is 29.1 Å². The predicted molar refractivity (Wildman–Crippen MR) is 138 cm³/mol. The molecule has 194 valence electrons. The molecule has 0 atom stereocenters. The molecule has 0 unspecified atom stereocenters. The van der Waals surface area contributed by atoms with Gasteiger partial charge in [-0.1, -0.05) is 0 Å². The van der Waals surface area contributed by atoms with E-state index in [0.717, 1.165) is 47.9 Å². The molecule has 1 aliphatic heterocycles. The summed E-state index contributed by atoms with van der Waals surface area (Å²) < 4.78 is 34.8. The Kier molecular flexibility index (Phi) is 7.43. The van der Waals surface area contributed by atoms with Crippen LogP contribution in [0.3, 0.4) is 0 Å². The van der Waals surface area contributed by atoms with Crippen LogP contribution in [0.5, 0.6) is 5.75 Å². The fraction of sp³-hybridized carbons (Fsp3) is 0.346. The van der Waals surface area contributed by atoms with E-state index < -0.39 is 6.61 Å². The predicted octanol–water partition coefficient (Wildman–Crippen LogP) is 5.11. The number of anilines is 2. The number of carbonyl (C=O) groups excluding carboxylic acids is 1. The fourth-order valence-electron chi connectivity index (χ4n) is 4.09. The standard InChI is InChI=1S/C26H27F2N5O3S/c1-29-25(34)30-18-4-2-17(3-5-18)23-31-21(16-22(32-23)33-12-14-35-15-13-33)26(10-11-26)37-20-8-6-19(7-9-20)36-24(27)28/h2-9,16,24H,10-15H2,1H3,(H2,29,30,34). The van der Waals surface area contributed by atoms with Gasteiger partial charge in [-0.25, -0.2) is 14.8 Å². The minimum absolute atomic E-state index is 0.137. The Labute approximate surface area is 217 Å². The van der Waals surface area contributed by atoms with Crippen LogP contribution < -0.4 is 20.3 Å². The highest BCUT2D eigenvalue weighted by Crippen LogP contribution is 2.59. The summed E-state index contributed by atoms with van der Waals surface area (Å²) in [5.74, 6) is 1.60. The number of amides is 2. The van der Waals surface area contributed by atoms with Crippen molar-refractivity contribution in [1.29, 1.82) is 0 Å². The molecule has 1 aromatic heterocycles. The summed E-state index contributed by atoms with van der Waals surface area (Å²) >= 11 is 1.68. The van der Waals surface area contributed by atoms with Crippen LogP contribution in [0.25, 0.3) is 11.4 Å². The first-order valence-corrected chi connectivity index (χ1v) is 12.8. The summed E-state index contributed by atoms with van der Waals surface area (Å²) in [7, 11) is 1.56. The number of benzene rings is 2. The van der Waals surface area contributed by atoms with Crippen molar-refractivity contribution in [2.24, 2.45) is 0 Å². The van der Waals surface area contributed by atoms with Crippen LogP contribution in [0.4, 0.5) is 25.1 Å². The quantitative estimate of drug-likeness (QED) is 0.421. The van der Waals surface area contributed by atoms with Gasteiger partial charge in [0.15, 0.2) is 5.82 Å². The zero-order valence-corrected chi connectivity index (χ0v) is 21.1. The minimum Gasteiger partial charge on any atom is -0.435 e. The van der Waals surface area contributed by atoms with Crippen molar-refractivity contribution in [3.8, 4) is 17.1 Å². The topological polar surface area (TPSA) is 88.6 Å². The van der Waals surface area contributed by atoms with Crippen molar-refractivity contribution >= 4 is 29.3 Å². The highest BCUT2D eigenvalue weighted by atomic mass is 32.2. The van der Waals surface area contributed by atoms with Gasteiger partial charge in [0.2, 0.25) is 0 Å². The lowest BCUT2D eigenvalue weighted by Gasteiger charge is -2.29. The van der Waals surface area contributed by atoms with Gasteiger partial charge in [0.1, 0.15) is 11.6 Å². The van der Waals surface area contributed by atoms with Gasteiger partial charge in [-0.05, 0) is 61.4 Å². The van der Waals surface area contributed by atoms with Crippen LogP contribution in [0.1, 0.15) is 18.5 Å². The van der Waals surface area contributed by atoms with E-state index in [-0.39, 0.29) is 16.5 Å². The number of hydrogen-bond donors (Lipinski definition) is 2. The lowest BCUT2D eigenvalue weighted by molar-refractivity contribution is -0.0498. The number of hydrogen-bond acceptors (Lipinski definition) is 7. The average molecular weight is 528 g/mol. The lowest BCUT2D eigenvalue weighted by atomic mass is 10.1. The molecule has 37 heavy (non-hydrogen) atoms. The summed E-state index contributed by atoms with van der Waals surface area (Å²) in [5, 5.41) is 5.29. The molecule has 1 aliphatic carbocycles. The third-order valence-electron chi connectivity index (χ3n) is 6.21. The van der Waals surface area contributed by atoms with Crippen molar-refractivity contribution in [3.63, 3.8) is 0 Å². The normalized spacial score (nSPS) is 16.4. The molecule has 0 spiro atoms. The Bertz CT molecular complexity index is 1230. The molecule has 2 heterocycles. The maximum atomic E-state index is 12.5. The Balaban J connectivity index is 1.44. The number of thioether (sulfide) groups is 1. The highest BCUT2D eigenvalue weighted by Gasteiger charge is 2.47. The molecule has 3 aromatic rings. The van der Waals surface area contributed by atoms with Crippen molar-refractivity contribution in [1.82, 2.24) is 15.3 Å². The smallest absolute Gasteiger partial charge is 0.387 e. The number of aromatic nitrogens is 2. The van der Waals surface area contributed by atoms with E-state index in [1.54, 1.807) is 43.1 Å². The number of nitrogens with one attached hydrogen (secondary N) is 2. The average Bonchev–Trinajstić information content (AvgIpc) is 3.71. The van der Waals surface area contributed by atoms with E-state index in [1.807, 2.05) is 24.3 Å². The summed E-state index contributed by atoms with van der Waals surface area (Å²) in [6.45, 7) is -0.0733. The molecule has 11 heteroatoms. The second-order valence-corrected chi connectivity index (χ2v) is 10.2. The molecular weight excluding hydrogens is 500 g/mol. The van der Waals surface area contributed by atoms with E-state index in [0.29, 0.717) is 24.7 Å². The summed E-state index contributed by atoms with van der Waals surface area (Å²) in [4.78, 5) is 24.7. The summed E-state index contributed by atoms with van der Waals surface area (Å²) in [6, 6.07) is 15.9. The van der Waals surface area contributed by atoms with Gasteiger partial charge in [0.25, 0.3) is 0 Å². The van der Waals surface area contributed by atoms with E-state index in [4.69, 9.17) is 14.7 Å². The van der Waals surface area contributed by atoms with Crippen LogP contribution in [0.2, 0.25) is 0 Å². The molecule has 2 amide bonds. The maximum Gasteiger partial charge on any atom is 0.387 e. The Morgan fingerprint density at radius 2 is 1.78 bits per heavy atom. The zero-order chi connectivity index (χ0) is 25.8. The number of nitrogens with zero attached hydrogens (tertiary/aromatic N) is 3. The third-order valence-corrected chi connectivity index (χ3v) is 7.72. The molecule has 2 N–H and O–H groups in total. The third kappa shape index (κ3) is 6.11.